The summed E-state index contributed by atoms with van der Waals surface area (Å²) in [5, 5.41) is 20.9. The first-order valence-electron chi connectivity index (χ1n) is 11.7. The molecule has 3 aromatic heterocycles. The first kappa shape index (κ1) is 22.7. The fourth-order valence-electron chi connectivity index (χ4n) is 4.16. The van der Waals surface area contributed by atoms with Crippen LogP contribution in [0.3, 0.4) is 0 Å². The Bertz CT molecular complexity index is 1320. The highest BCUT2D eigenvalue weighted by Crippen LogP contribution is 2.32. The van der Waals surface area contributed by atoms with Crippen LogP contribution in [0.4, 0.5) is 11.6 Å². The number of aromatic nitrogens is 6. The number of amides is 1. The number of benzene rings is 1. The van der Waals surface area contributed by atoms with E-state index in [1.807, 2.05) is 32.9 Å². The van der Waals surface area contributed by atoms with Gasteiger partial charge in [-0.3, -0.25) is 9.89 Å². The number of rotatable bonds is 5. The van der Waals surface area contributed by atoms with E-state index in [9.17, 15) is 4.79 Å². The summed E-state index contributed by atoms with van der Waals surface area (Å²) in [6.45, 7) is 5.90. The number of hydrogen-bond donors (Lipinski definition) is 3. The minimum atomic E-state index is -0.347. The maximum absolute atomic E-state index is 12.9. The number of nitrogens with zero attached hydrogens (tertiary/aromatic N) is 5. The van der Waals surface area contributed by atoms with E-state index in [2.05, 4.69) is 53.1 Å². The molecule has 180 valence electrons. The van der Waals surface area contributed by atoms with Crippen molar-refractivity contribution in [1.29, 1.82) is 0 Å². The van der Waals surface area contributed by atoms with Crippen molar-refractivity contribution >= 4 is 17.5 Å². The summed E-state index contributed by atoms with van der Waals surface area (Å²) in [6.07, 6.45) is 9.00. The van der Waals surface area contributed by atoms with Gasteiger partial charge in [-0.1, -0.05) is 39.3 Å². The van der Waals surface area contributed by atoms with Gasteiger partial charge in [0.1, 0.15) is 0 Å². The van der Waals surface area contributed by atoms with Crippen LogP contribution in [-0.4, -0.2) is 36.3 Å². The number of aromatic amines is 1. The molecule has 0 bridgehead atoms. The van der Waals surface area contributed by atoms with Crippen molar-refractivity contribution < 1.29 is 9.21 Å². The van der Waals surface area contributed by atoms with E-state index in [-0.39, 0.29) is 23.3 Å². The van der Waals surface area contributed by atoms with Crippen LogP contribution in [0.1, 0.15) is 73.8 Å². The SMILES string of the molecule is CC(C)(C)c1nnc(C(=O)N[C@@H]2CCCCc3cc(-c4ccnc(Nc5cn[nH]c5)n4)ccc32)o1. The maximum Gasteiger partial charge on any atom is 0.309 e. The van der Waals surface area contributed by atoms with Crippen molar-refractivity contribution in [2.24, 2.45) is 0 Å². The van der Waals surface area contributed by atoms with E-state index in [0.29, 0.717) is 11.8 Å². The zero-order valence-corrected chi connectivity index (χ0v) is 20.0. The van der Waals surface area contributed by atoms with Crippen molar-refractivity contribution in [3.63, 3.8) is 0 Å². The first-order valence-corrected chi connectivity index (χ1v) is 11.7. The molecule has 1 aliphatic carbocycles. The molecule has 0 unspecified atom stereocenters. The predicted octanol–water partition coefficient (Wildman–Crippen LogP) is 4.49. The van der Waals surface area contributed by atoms with Crippen molar-refractivity contribution in [1.82, 2.24) is 35.7 Å². The highest BCUT2D eigenvalue weighted by Gasteiger charge is 2.27. The van der Waals surface area contributed by atoms with E-state index in [0.717, 1.165) is 48.2 Å². The fraction of sp³-hybridized carbons (Fsp3) is 0.360. The van der Waals surface area contributed by atoms with Gasteiger partial charge in [0.2, 0.25) is 11.8 Å². The lowest BCUT2D eigenvalue weighted by molar-refractivity contribution is 0.0896. The number of H-pyrrole nitrogens is 1. The van der Waals surface area contributed by atoms with Crippen LogP contribution in [0.25, 0.3) is 11.3 Å². The van der Waals surface area contributed by atoms with E-state index < -0.39 is 0 Å². The van der Waals surface area contributed by atoms with Gasteiger partial charge < -0.3 is 15.1 Å². The highest BCUT2D eigenvalue weighted by atomic mass is 16.4. The zero-order chi connectivity index (χ0) is 24.4. The van der Waals surface area contributed by atoms with E-state index in [4.69, 9.17) is 4.42 Å². The second kappa shape index (κ2) is 9.28. The molecular weight excluding hydrogens is 444 g/mol. The minimum absolute atomic E-state index is 0.00372. The molecule has 10 nitrogen and oxygen atoms in total. The summed E-state index contributed by atoms with van der Waals surface area (Å²) in [5.74, 6) is 0.592. The minimum Gasteiger partial charge on any atom is -0.416 e. The molecule has 35 heavy (non-hydrogen) atoms. The number of anilines is 2. The highest BCUT2D eigenvalue weighted by molar-refractivity contribution is 5.89. The van der Waals surface area contributed by atoms with Crippen molar-refractivity contribution in [3.8, 4) is 11.3 Å². The number of carbonyl (C=O) groups excluding carboxylic acids is 1. The van der Waals surface area contributed by atoms with Gasteiger partial charge in [0, 0.05) is 23.4 Å². The smallest absolute Gasteiger partial charge is 0.309 e. The average Bonchev–Trinajstić information content (AvgIpc) is 3.50. The molecule has 10 heteroatoms. The molecule has 0 saturated carbocycles. The Kier molecular flexibility index (Phi) is 6.02. The Morgan fingerprint density at radius 1 is 1.17 bits per heavy atom. The molecule has 1 amide bonds. The quantitative estimate of drug-likeness (QED) is 0.362. The van der Waals surface area contributed by atoms with Gasteiger partial charge in [-0.15, -0.1) is 10.2 Å². The molecule has 4 aromatic rings. The summed E-state index contributed by atoms with van der Waals surface area (Å²) < 4.78 is 5.64. The topological polar surface area (TPSA) is 135 Å². The fourth-order valence-corrected chi connectivity index (χ4v) is 4.16. The van der Waals surface area contributed by atoms with E-state index >= 15 is 0 Å². The van der Waals surface area contributed by atoms with E-state index in [1.165, 1.54) is 5.56 Å². The second-order valence-electron chi connectivity index (χ2n) is 9.73. The monoisotopic (exact) mass is 472 g/mol. The van der Waals surface area contributed by atoms with E-state index in [1.54, 1.807) is 18.6 Å². The lowest BCUT2D eigenvalue weighted by atomic mass is 9.95. The molecule has 0 radical (unpaired) electrons. The maximum atomic E-state index is 12.9. The number of carbonyl (C=O) groups is 1. The number of nitrogens with one attached hydrogen (secondary N) is 3. The summed E-state index contributed by atoms with van der Waals surface area (Å²) in [5.41, 5.74) is 4.61. The van der Waals surface area contributed by atoms with Gasteiger partial charge in [-0.2, -0.15) is 5.10 Å². The lowest BCUT2D eigenvalue weighted by Gasteiger charge is -2.19. The van der Waals surface area contributed by atoms with Crippen LogP contribution in [-0.2, 0) is 11.8 Å². The van der Waals surface area contributed by atoms with Gasteiger partial charge >= 0.3 is 11.8 Å². The summed E-state index contributed by atoms with van der Waals surface area (Å²) in [4.78, 5) is 21.9. The van der Waals surface area contributed by atoms with Crippen LogP contribution in [0.15, 0.2) is 47.3 Å². The normalized spacial score (nSPS) is 15.8. The van der Waals surface area contributed by atoms with Crippen molar-refractivity contribution in [2.75, 3.05) is 5.32 Å². The largest absolute Gasteiger partial charge is 0.416 e. The third kappa shape index (κ3) is 5.06. The molecule has 3 heterocycles. The van der Waals surface area contributed by atoms with Gasteiger partial charge in [-0.25, -0.2) is 9.97 Å². The number of aryl methyl sites for hydroxylation is 1. The molecule has 1 aromatic carbocycles. The van der Waals surface area contributed by atoms with Crippen LogP contribution >= 0.6 is 0 Å². The van der Waals surface area contributed by atoms with Gasteiger partial charge in [0.25, 0.3) is 0 Å². The van der Waals surface area contributed by atoms with Crippen LogP contribution < -0.4 is 10.6 Å². The third-order valence-electron chi connectivity index (χ3n) is 5.98. The molecule has 0 aliphatic heterocycles. The Labute approximate surface area is 203 Å². The standard InChI is InChI=1S/C25H28N8O2/c1-25(2,3)23-33-32-22(35-23)21(34)30-20-7-5-4-6-15-12-16(8-9-18(15)20)19-10-11-26-24(31-19)29-17-13-27-28-14-17/h8-14,20H,4-7H2,1-3H3,(H,27,28)(H,30,34)(H,26,29,31)/t20-/m1/s1. The number of hydrogen-bond acceptors (Lipinski definition) is 8. The summed E-state index contributed by atoms with van der Waals surface area (Å²) in [7, 11) is 0. The first-order chi connectivity index (χ1) is 16.9. The number of fused-ring (bicyclic) bond motifs is 1. The van der Waals surface area contributed by atoms with Crippen molar-refractivity contribution in [3.05, 3.63) is 65.8 Å². The molecular formula is C25H28N8O2. The Morgan fingerprint density at radius 3 is 2.83 bits per heavy atom. The zero-order valence-electron chi connectivity index (χ0n) is 20.0. The Hall–Kier alpha value is -4.08. The van der Waals surface area contributed by atoms with Gasteiger partial charge in [0.05, 0.1) is 23.6 Å². The van der Waals surface area contributed by atoms with Gasteiger partial charge in [0.15, 0.2) is 0 Å². The molecule has 3 N–H and O–H groups in total. The molecule has 1 aliphatic rings. The second-order valence-corrected chi connectivity index (χ2v) is 9.73. The predicted molar refractivity (Wildman–Crippen MR) is 130 cm³/mol. The summed E-state index contributed by atoms with van der Waals surface area (Å²) in [6, 6.07) is 8.05. The van der Waals surface area contributed by atoms with Crippen molar-refractivity contribution in [2.45, 2.75) is 57.9 Å². The van der Waals surface area contributed by atoms with Crippen LogP contribution in [0, 0.1) is 0 Å². The lowest BCUT2D eigenvalue weighted by Crippen LogP contribution is -2.29. The third-order valence-corrected chi connectivity index (χ3v) is 5.98. The van der Waals surface area contributed by atoms with Gasteiger partial charge in [-0.05, 0) is 42.5 Å². The molecule has 0 saturated heterocycles. The molecule has 1 atom stereocenters. The Morgan fingerprint density at radius 2 is 2.06 bits per heavy atom. The molecule has 0 spiro atoms. The molecule has 0 fully saturated rings. The Balaban J connectivity index is 1.37. The van der Waals surface area contributed by atoms with Crippen LogP contribution in [0.2, 0.25) is 0 Å². The average molecular weight is 473 g/mol. The molecule has 5 rings (SSSR count). The summed E-state index contributed by atoms with van der Waals surface area (Å²) >= 11 is 0. The van der Waals surface area contributed by atoms with Crippen LogP contribution in [0.5, 0.6) is 0 Å².